The van der Waals surface area contributed by atoms with Gasteiger partial charge in [-0.2, -0.15) is 0 Å². The third-order valence-electron chi connectivity index (χ3n) is 3.38. The Balaban J connectivity index is 2.10. The Bertz CT molecular complexity index is 778. The number of halogens is 1. The summed E-state index contributed by atoms with van der Waals surface area (Å²) in [5, 5.41) is 2.91. The largest absolute Gasteiger partial charge is 0.493 e. The van der Waals surface area contributed by atoms with Crippen LogP contribution in [0.2, 0.25) is 5.02 Å². The molecule has 2 aromatic rings. The second kappa shape index (κ2) is 8.39. The summed E-state index contributed by atoms with van der Waals surface area (Å²) in [6.07, 6.45) is -0.784. The fraction of sp³-hybridized carbons (Fsp3) is 0.222. The zero-order chi connectivity index (χ0) is 18.4. The number of carbonyl (C=O) groups is 2. The third kappa shape index (κ3) is 4.64. The molecule has 0 aliphatic carbocycles. The molecule has 0 spiro atoms. The van der Waals surface area contributed by atoms with Gasteiger partial charge in [-0.25, -0.2) is 4.79 Å². The molecule has 0 aliphatic heterocycles. The maximum absolute atomic E-state index is 12.3. The lowest BCUT2D eigenvalue weighted by molar-refractivity contribution is -0.122. The molecule has 2 rings (SSSR count). The van der Waals surface area contributed by atoms with Crippen LogP contribution >= 0.6 is 11.6 Å². The second-order valence-corrected chi connectivity index (χ2v) is 5.49. The van der Waals surface area contributed by atoms with Crippen molar-refractivity contribution in [2.24, 2.45) is 0 Å². The summed E-state index contributed by atoms with van der Waals surface area (Å²) < 4.78 is 15.5. The number of anilines is 1. The molecule has 0 saturated heterocycles. The molecule has 0 aromatic heterocycles. The molecule has 7 heteroatoms. The van der Waals surface area contributed by atoms with Gasteiger partial charge < -0.3 is 19.5 Å². The third-order valence-corrected chi connectivity index (χ3v) is 3.71. The van der Waals surface area contributed by atoms with Crippen LogP contribution in [0.4, 0.5) is 5.69 Å². The zero-order valence-corrected chi connectivity index (χ0v) is 14.8. The molecular weight excluding hydrogens is 346 g/mol. The molecule has 6 nitrogen and oxygen atoms in total. The molecule has 0 heterocycles. The van der Waals surface area contributed by atoms with Gasteiger partial charge in [0.1, 0.15) is 0 Å². The van der Waals surface area contributed by atoms with Gasteiger partial charge in [0.25, 0.3) is 5.91 Å². The lowest BCUT2D eigenvalue weighted by Crippen LogP contribution is -2.30. The van der Waals surface area contributed by atoms with Crippen LogP contribution in [0, 0.1) is 0 Å². The first kappa shape index (κ1) is 18.6. The van der Waals surface area contributed by atoms with Gasteiger partial charge in [-0.3, -0.25) is 4.79 Å². The summed E-state index contributed by atoms with van der Waals surface area (Å²) in [5.41, 5.74) is 0.575. The monoisotopic (exact) mass is 363 g/mol. The highest BCUT2D eigenvalue weighted by molar-refractivity contribution is 6.33. The van der Waals surface area contributed by atoms with E-state index in [0.717, 1.165) is 0 Å². The highest BCUT2D eigenvalue weighted by atomic mass is 35.5. The maximum atomic E-state index is 12.3. The average molecular weight is 364 g/mol. The minimum atomic E-state index is -0.784. The molecule has 0 bridgehead atoms. The molecule has 132 valence electrons. The Kier molecular flexibility index (Phi) is 6.25. The number of nitrogens with one attached hydrogen (secondary N) is 1. The fourth-order valence-corrected chi connectivity index (χ4v) is 2.27. The van der Waals surface area contributed by atoms with E-state index in [-0.39, 0.29) is 16.5 Å². The SMILES string of the molecule is COC(=O)c1cc(NC(=O)[C@H](C)Oc2ccccc2OC)ccc1Cl. The normalized spacial score (nSPS) is 11.4. The Hall–Kier alpha value is -2.73. The van der Waals surface area contributed by atoms with Crippen molar-refractivity contribution < 1.29 is 23.8 Å². The van der Waals surface area contributed by atoms with E-state index in [2.05, 4.69) is 10.1 Å². The Morgan fingerprint density at radius 3 is 2.40 bits per heavy atom. The number of benzene rings is 2. The lowest BCUT2D eigenvalue weighted by Gasteiger charge is -2.17. The van der Waals surface area contributed by atoms with Gasteiger partial charge >= 0.3 is 5.97 Å². The first-order chi connectivity index (χ1) is 12.0. The van der Waals surface area contributed by atoms with Gasteiger partial charge in [-0.15, -0.1) is 0 Å². The number of methoxy groups -OCH3 is 2. The van der Waals surface area contributed by atoms with Crippen LogP contribution in [-0.2, 0) is 9.53 Å². The van der Waals surface area contributed by atoms with E-state index in [1.54, 1.807) is 37.3 Å². The highest BCUT2D eigenvalue weighted by Gasteiger charge is 2.18. The average Bonchev–Trinajstić information content (AvgIpc) is 2.62. The summed E-state index contributed by atoms with van der Waals surface area (Å²) in [5.74, 6) is 0.0177. The highest BCUT2D eigenvalue weighted by Crippen LogP contribution is 2.27. The van der Waals surface area contributed by atoms with Crippen molar-refractivity contribution in [3.8, 4) is 11.5 Å². The van der Waals surface area contributed by atoms with Crippen LogP contribution in [0.5, 0.6) is 11.5 Å². The van der Waals surface area contributed by atoms with Crippen LogP contribution in [0.1, 0.15) is 17.3 Å². The second-order valence-electron chi connectivity index (χ2n) is 5.09. The zero-order valence-electron chi connectivity index (χ0n) is 14.0. The van der Waals surface area contributed by atoms with Crippen molar-refractivity contribution in [3.63, 3.8) is 0 Å². The van der Waals surface area contributed by atoms with Crippen molar-refractivity contribution in [2.45, 2.75) is 13.0 Å². The lowest BCUT2D eigenvalue weighted by atomic mass is 10.2. The molecule has 2 aromatic carbocycles. The van der Waals surface area contributed by atoms with Crippen LogP contribution in [0.25, 0.3) is 0 Å². The maximum Gasteiger partial charge on any atom is 0.339 e. The number of ether oxygens (including phenoxy) is 3. The van der Waals surface area contributed by atoms with Gasteiger partial charge in [0, 0.05) is 5.69 Å². The van der Waals surface area contributed by atoms with Crippen LogP contribution in [0.3, 0.4) is 0 Å². The molecule has 0 fully saturated rings. The molecule has 0 aliphatic rings. The Labute approximate surface area is 150 Å². The number of hydrogen-bond donors (Lipinski definition) is 1. The number of rotatable bonds is 6. The molecule has 25 heavy (non-hydrogen) atoms. The van der Waals surface area contributed by atoms with Gasteiger partial charge in [0.05, 0.1) is 24.8 Å². The topological polar surface area (TPSA) is 73.9 Å². The quantitative estimate of drug-likeness (QED) is 0.794. The minimum Gasteiger partial charge on any atom is -0.493 e. The van der Waals surface area contributed by atoms with Crippen LogP contribution < -0.4 is 14.8 Å². The van der Waals surface area contributed by atoms with Crippen molar-refractivity contribution in [3.05, 3.63) is 53.1 Å². The number of esters is 1. The van der Waals surface area contributed by atoms with Crippen LogP contribution in [-0.4, -0.2) is 32.2 Å². The Morgan fingerprint density at radius 2 is 1.76 bits per heavy atom. The van der Waals surface area contributed by atoms with E-state index in [4.69, 9.17) is 21.1 Å². The predicted molar refractivity (Wildman–Crippen MR) is 94.5 cm³/mol. The van der Waals surface area contributed by atoms with Gasteiger partial charge in [0.15, 0.2) is 17.6 Å². The molecule has 0 saturated carbocycles. The summed E-state index contributed by atoms with van der Waals surface area (Å²) >= 11 is 5.96. The number of carbonyl (C=O) groups excluding carboxylic acids is 2. The van der Waals surface area contributed by atoms with E-state index in [1.807, 2.05) is 0 Å². The van der Waals surface area contributed by atoms with Crippen molar-refractivity contribution in [1.82, 2.24) is 0 Å². The predicted octanol–water partition coefficient (Wildman–Crippen LogP) is 3.54. The smallest absolute Gasteiger partial charge is 0.339 e. The first-order valence-electron chi connectivity index (χ1n) is 7.44. The number of hydrogen-bond acceptors (Lipinski definition) is 5. The van der Waals surface area contributed by atoms with Gasteiger partial charge in [-0.05, 0) is 37.3 Å². The van der Waals surface area contributed by atoms with E-state index in [0.29, 0.717) is 17.2 Å². The molecular formula is C18H18ClNO5. The molecule has 1 atom stereocenters. The van der Waals surface area contributed by atoms with E-state index < -0.39 is 12.1 Å². The summed E-state index contributed by atoms with van der Waals surface area (Å²) in [4.78, 5) is 24.0. The van der Waals surface area contributed by atoms with Crippen LogP contribution in [0.15, 0.2) is 42.5 Å². The van der Waals surface area contributed by atoms with Crippen molar-refractivity contribution in [1.29, 1.82) is 0 Å². The van der Waals surface area contributed by atoms with Gasteiger partial charge in [-0.1, -0.05) is 23.7 Å². The van der Waals surface area contributed by atoms with Crippen molar-refractivity contribution >= 4 is 29.2 Å². The summed E-state index contributed by atoms with van der Waals surface area (Å²) in [7, 11) is 2.78. The van der Waals surface area contributed by atoms with E-state index >= 15 is 0 Å². The summed E-state index contributed by atoms with van der Waals surface area (Å²) in [6, 6.07) is 11.6. The Morgan fingerprint density at radius 1 is 1.08 bits per heavy atom. The molecule has 1 N–H and O–H groups in total. The summed E-state index contributed by atoms with van der Waals surface area (Å²) in [6.45, 7) is 1.61. The van der Waals surface area contributed by atoms with Gasteiger partial charge in [0.2, 0.25) is 0 Å². The number of para-hydroxylation sites is 2. The standard InChI is InChI=1S/C18H18ClNO5/c1-11(25-16-7-5-4-6-15(16)23-2)17(21)20-12-8-9-14(19)13(10-12)18(22)24-3/h4-11H,1-3H3,(H,20,21)/t11-/m0/s1. The van der Waals surface area contributed by atoms with E-state index in [1.165, 1.54) is 26.4 Å². The molecule has 0 radical (unpaired) electrons. The minimum absolute atomic E-state index is 0.167. The molecule has 0 unspecified atom stereocenters. The van der Waals surface area contributed by atoms with E-state index in [9.17, 15) is 9.59 Å². The number of amides is 1. The fourth-order valence-electron chi connectivity index (χ4n) is 2.07. The van der Waals surface area contributed by atoms with Crippen molar-refractivity contribution in [2.75, 3.05) is 19.5 Å². The first-order valence-corrected chi connectivity index (χ1v) is 7.82. The molecule has 1 amide bonds.